The van der Waals surface area contributed by atoms with Gasteiger partial charge >= 0.3 is 0 Å². The fourth-order valence-electron chi connectivity index (χ4n) is 1.68. The van der Waals surface area contributed by atoms with Crippen molar-refractivity contribution in [2.24, 2.45) is 0 Å². The third-order valence-electron chi connectivity index (χ3n) is 2.37. The molecule has 0 heterocycles. The van der Waals surface area contributed by atoms with Crippen molar-refractivity contribution in [3.05, 3.63) is 47.0 Å². The van der Waals surface area contributed by atoms with E-state index < -0.39 is 0 Å². The lowest BCUT2D eigenvalue weighted by molar-refractivity contribution is 0.101. The Balaban J connectivity index is 0.000000606. The number of hydrogen-bond acceptors (Lipinski definition) is 1. The molecule has 84 valence electrons. The van der Waals surface area contributed by atoms with Crippen molar-refractivity contribution in [1.29, 1.82) is 0 Å². The summed E-state index contributed by atoms with van der Waals surface area (Å²) in [6, 6.07) is 5.84. The van der Waals surface area contributed by atoms with Crippen LogP contribution in [-0.4, -0.2) is 5.78 Å². The van der Waals surface area contributed by atoms with Gasteiger partial charge in [-0.25, -0.2) is 0 Å². The summed E-state index contributed by atoms with van der Waals surface area (Å²) in [5.41, 5.74) is 2.99. The smallest absolute Gasteiger partial charge is 0.160 e. The molecule has 2 rings (SSSR count). The molecule has 0 unspecified atom stereocenters. The van der Waals surface area contributed by atoms with Crippen molar-refractivity contribution >= 4 is 17.9 Å². The molecule has 1 aromatic carbocycles. The third kappa shape index (κ3) is 2.69. The maximum atomic E-state index is 11.4. The zero-order chi connectivity index (χ0) is 12.0. The summed E-state index contributed by atoms with van der Waals surface area (Å²) < 4.78 is 0. The molecule has 0 spiro atoms. The predicted octanol–water partition coefficient (Wildman–Crippen LogP) is 4.35. The van der Waals surface area contributed by atoms with Crippen molar-refractivity contribution in [3.63, 3.8) is 0 Å². The molecule has 1 heteroatoms. The fraction of sp³-hybridized carbons (Fsp3) is 0.267. The molecule has 0 N–H and O–H groups in total. The summed E-state index contributed by atoms with van der Waals surface area (Å²) in [6.45, 7) is 5.61. The van der Waals surface area contributed by atoms with Gasteiger partial charge in [0, 0.05) is 5.56 Å². The van der Waals surface area contributed by atoms with E-state index in [4.69, 9.17) is 0 Å². The van der Waals surface area contributed by atoms with Crippen molar-refractivity contribution in [2.45, 2.75) is 27.2 Å². The lowest BCUT2D eigenvalue weighted by atomic mass is 9.99. The topological polar surface area (TPSA) is 17.1 Å². The first-order valence-corrected chi connectivity index (χ1v) is 5.76. The summed E-state index contributed by atoms with van der Waals surface area (Å²) in [5.74, 6) is 0.127. The van der Waals surface area contributed by atoms with Gasteiger partial charge in [0.25, 0.3) is 0 Å². The van der Waals surface area contributed by atoms with Crippen LogP contribution in [0.5, 0.6) is 0 Å². The Morgan fingerprint density at radius 3 is 2.50 bits per heavy atom. The highest BCUT2D eigenvalue weighted by Crippen LogP contribution is 2.21. The van der Waals surface area contributed by atoms with E-state index in [9.17, 15) is 4.79 Å². The van der Waals surface area contributed by atoms with E-state index >= 15 is 0 Å². The molecule has 1 aromatic rings. The molecule has 0 atom stereocenters. The van der Waals surface area contributed by atoms with Crippen LogP contribution in [-0.2, 0) is 0 Å². The monoisotopic (exact) mass is 214 g/mol. The molecule has 0 radical (unpaired) electrons. The second-order valence-electron chi connectivity index (χ2n) is 3.41. The standard InChI is InChI=1S/C13H12O.C2H6/c1-10(14)12-9-5-7-11-6-3-2-4-8-13(11)12;1-2/h3-9H,2H2,1H3;1-2H3. The lowest BCUT2D eigenvalue weighted by Crippen LogP contribution is -1.97. The number of carbonyl (C=O) groups excluding carboxylic acids is 1. The number of hydrogen-bond donors (Lipinski definition) is 0. The van der Waals surface area contributed by atoms with E-state index in [0.29, 0.717) is 0 Å². The summed E-state index contributed by atoms with van der Waals surface area (Å²) >= 11 is 0. The predicted molar refractivity (Wildman–Crippen MR) is 70.5 cm³/mol. The van der Waals surface area contributed by atoms with Gasteiger partial charge in [0.2, 0.25) is 0 Å². The van der Waals surface area contributed by atoms with Crippen LogP contribution in [0.4, 0.5) is 0 Å². The molecule has 0 fully saturated rings. The van der Waals surface area contributed by atoms with E-state index in [-0.39, 0.29) is 5.78 Å². The SMILES string of the molecule is CC.CC(=O)c1cccc2c1C=CCC=C2. The van der Waals surface area contributed by atoms with Crippen LogP contribution in [0.3, 0.4) is 0 Å². The molecule has 0 aliphatic heterocycles. The minimum atomic E-state index is 0.127. The fourth-order valence-corrected chi connectivity index (χ4v) is 1.68. The van der Waals surface area contributed by atoms with E-state index in [1.165, 1.54) is 0 Å². The van der Waals surface area contributed by atoms with Crippen LogP contribution in [0.2, 0.25) is 0 Å². The third-order valence-corrected chi connectivity index (χ3v) is 2.37. The number of benzene rings is 1. The number of ketones is 1. The molecular formula is C15H18O. The molecule has 0 aromatic heterocycles. The van der Waals surface area contributed by atoms with E-state index in [1.54, 1.807) is 6.92 Å². The lowest BCUT2D eigenvalue weighted by Gasteiger charge is -2.05. The number of rotatable bonds is 1. The Bertz CT molecular complexity index is 425. The second kappa shape index (κ2) is 6.06. The zero-order valence-electron chi connectivity index (χ0n) is 10.2. The number of fused-ring (bicyclic) bond motifs is 1. The minimum Gasteiger partial charge on any atom is -0.294 e. The Kier molecular flexibility index (Phi) is 4.71. The highest BCUT2D eigenvalue weighted by atomic mass is 16.1. The Morgan fingerprint density at radius 2 is 1.81 bits per heavy atom. The molecule has 0 saturated carbocycles. The summed E-state index contributed by atoms with van der Waals surface area (Å²) in [6.07, 6.45) is 9.22. The van der Waals surface area contributed by atoms with Crippen LogP contribution >= 0.6 is 0 Å². The van der Waals surface area contributed by atoms with Gasteiger partial charge < -0.3 is 0 Å². The summed E-state index contributed by atoms with van der Waals surface area (Å²) in [7, 11) is 0. The van der Waals surface area contributed by atoms with Gasteiger partial charge in [0.05, 0.1) is 0 Å². The first-order valence-electron chi connectivity index (χ1n) is 5.76. The van der Waals surface area contributed by atoms with Gasteiger partial charge in [-0.15, -0.1) is 0 Å². The number of carbonyl (C=O) groups is 1. The van der Waals surface area contributed by atoms with Gasteiger partial charge in [0.15, 0.2) is 5.78 Å². The number of Topliss-reactive ketones (excluding diaryl/α,β-unsaturated/α-hetero) is 1. The Morgan fingerprint density at radius 1 is 1.12 bits per heavy atom. The maximum absolute atomic E-state index is 11.4. The molecule has 1 aliphatic rings. The van der Waals surface area contributed by atoms with Crippen LogP contribution in [0.25, 0.3) is 12.2 Å². The van der Waals surface area contributed by atoms with E-state index in [0.717, 1.165) is 23.1 Å². The first-order chi connectivity index (χ1) is 7.79. The van der Waals surface area contributed by atoms with Gasteiger partial charge in [-0.05, 0) is 24.5 Å². The second-order valence-corrected chi connectivity index (χ2v) is 3.41. The molecular weight excluding hydrogens is 196 g/mol. The molecule has 0 bridgehead atoms. The highest BCUT2D eigenvalue weighted by molar-refractivity contribution is 5.99. The van der Waals surface area contributed by atoms with Gasteiger partial charge in [-0.1, -0.05) is 56.4 Å². The molecule has 1 aliphatic carbocycles. The molecule has 0 saturated heterocycles. The highest BCUT2D eigenvalue weighted by Gasteiger charge is 2.08. The summed E-state index contributed by atoms with van der Waals surface area (Å²) in [5, 5.41) is 0. The van der Waals surface area contributed by atoms with Gasteiger partial charge in [-0.2, -0.15) is 0 Å². The zero-order valence-corrected chi connectivity index (χ0v) is 10.2. The Hall–Kier alpha value is -1.63. The van der Waals surface area contributed by atoms with E-state index in [2.05, 4.69) is 18.2 Å². The normalized spacial score (nSPS) is 12.2. The van der Waals surface area contributed by atoms with Crippen molar-refractivity contribution in [2.75, 3.05) is 0 Å². The minimum absolute atomic E-state index is 0.127. The van der Waals surface area contributed by atoms with Crippen molar-refractivity contribution in [3.8, 4) is 0 Å². The molecule has 1 nitrogen and oxygen atoms in total. The van der Waals surface area contributed by atoms with E-state index in [1.807, 2.05) is 38.1 Å². The average Bonchev–Trinajstić information content (AvgIpc) is 2.55. The largest absolute Gasteiger partial charge is 0.294 e. The van der Waals surface area contributed by atoms with Crippen LogP contribution in [0.1, 0.15) is 48.7 Å². The van der Waals surface area contributed by atoms with Crippen molar-refractivity contribution in [1.82, 2.24) is 0 Å². The van der Waals surface area contributed by atoms with Gasteiger partial charge in [0.1, 0.15) is 0 Å². The van der Waals surface area contributed by atoms with Crippen LogP contribution < -0.4 is 0 Å². The van der Waals surface area contributed by atoms with Gasteiger partial charge in [-0.3, -0.25) is 4.79 Å². The quantitative estimate of drug-likeness (QED) is 0.635. The summed E-state index contributed by atoms with van der Waals surface area (Å²) in [4.78, 5) is 11.4. The maximum Gasteiger partial charge on any atom is 0.160 e. The molecule has 0 amide bonds. The molecule has 16 heavy (non-hydrogen) atoms. The Labute approximate surface area is 97.5 Å². The average molecular weight is 214 g/mol. The van der Waals surface area contributed by atoms with Crippen molar-refractivity contribution < 1.29 is 4.79 Å². The van der Waals surface area contributed by atoms with Crippen LogP contribution in [0.15, 0.2) is 30.4 Å². The first kappa shape index (κ1) is 12.4. The number of allylic oxidation sites excluding steroid dienone is 2. The van der Waals surface area contributed by atoms with Crippen LogP contribution in [0, 0.1) is 0 Å².